The van der Waals surface area contributed by atoms with Gasteiger partial charge >= 0.3 is 6.18 Å². The van der Waals surface area contributed by atoms with Crippen LogP contribution in [-0.4, -0.2) is 8.42 Å². The van der Waals surface area contributed by atoms with Crippen molar-refractivity contribution in [1.82, 2.24) is 0 Å². The van der Waals surface area contributed by atoms with Gasteiger partial charge in [-0.05, 0) is 42.0 Å². The summed E-state index contributed by atoms with van der Waals surface area (Å²) in [4.78, 5) is 0.0802. The Morgan fingerprint density at radius 1 is 0.905 bits per heavy atom. The van der Waals surface area contributed by atoms with Gasteiger partial charge in [-0.15, -0.1) is 0 Å². The molecule has 2 rings (SSSR count). The van der Waals surface area contributed by atoms with E-state index in [1.165, 1.54) is 24.3 Å². The minimum absolute atomic E-state index is 0.0802. The van der Waals surface area contributed by atoms with Gasteiger partial charge in [0.25, 0.3) is 0 Å². The van der Waals surface area contributed by atoms with Crippen molar-refractivity contribution in [3.05, 3.63) is 59.7 Å². The van der Waals surface area contributed by atoms with E-state index >= 15 is 0 Å². The van der Waals surface area contributed by atoms with Crippen molar-refractivity contribution in [2.45, 2.75) is 16.8 Å². The molecule has 21 heavy (non-hydrogen) atoms. The molecule has 0 radical (unpaired) electrons. The van der Waals surface area contributed by atoms with Gasteiger partial charge in [0.05, 0.1) is 16.2 Å². The van der Waals surface area contributed by atoms with Crippen molar-refractivity contribution in [3.63, 3.8) is 0 Å². The normalized spacial score (nSPS) is 12.3. The lowest BCUT2D eigenvalue weighted by molar-refractivity contribution is -0.137. The van der Waals surface area contributed by atoms with Crippen LogP contribution in [0.25, 0.3) is 0 Å². The number of benzene rings is 2. The van der Waals surface area contributed by atoms with E-state index in [-0.39, 0.29) is 10.6 Å². The van der Waals surface area contributed by atoms with Crippen molar-refractivity contribution in [1.29, 1.82) is 0 Å². The Morgan fingerprint density at radius 3 is 1.90 bits per heavy atom. The largest absolute Gasteiger partial charge is 0.416 e. The molecule has 0 saturated carbocycles. The molecule has 0 atom stereocenters. The maximum atomic E-state index is 12.4. The smallest absolute Gasteiger partial charge is 0.399 e. The van der Waals surface area contributed by atoms with Crippen LogP contribution in [0.1, 0.15) is 11.1 Å². The van der Waals surface area contributed by atoms with E-state index in [0.717, 1.165) is 24.3 Å². The van der Waals surface area contributed by atoms with E-state index in [0.29, 0.717) is 11.3 Å². The van der Waals surface area contributed by atoms with Gasteiger partial charge in [-0.3, -0.25) is 0 Å². The van der Waals surface area contributed by atoms with Crippen molar-refractivity contribution < 1.29 is 21.6 Å². The predicted octanol–water partition coefficient (Wildman–Crippen LogP) is 3.26. The van der Waals surface area contributed by atoms with E-state index < -0.39 is 21.6 Å². The number of alkyl halides is 3. The first kappa shape index (κ1) is 15.4. The van der Waals surface area contributed by atoms with Gasteiger partial charge in [-0.2, -0.15) is 13.2 Å². The lowest BCUT2D eigenvalue weighted by Gasteiger charge is -2.08. The summed E-state index contributed by atoms with van der Waals surface area (Å²) >= 11 is 0. The monoisotopic (exact) mass is 315 g/mol. The van der Waals surface area contributed by atoms with Crippen LogP contribution in [0.15, 0.2) is 53.4 Å². The molecule has 0 spiro atoms. The van der Waals surface area contributed by atoms with E-state index in [2.05, 4.69) is 0 Å². The lowest BCUT2D eigenvalue weighted by atomic mass is 10.1. The third kappa shape index (κ3) is 3.75. The Hall–Kier alpha value is -2.02. The summed E-state index contributed by atoms with van der Waals surface area (Å²) in [5.74, 6) is -0.366. The van der Waals surface area contributed by atoms with Crippen molar-refractivity contribution in [2.24, 2.45) is 0 Å². The molecular formula is C14H12F3NO2S. The predicted molar refractivity (Wildman–Crippen MR) is 73.2 cm³/mol. The van der Waals surface area contributed by atoms with Crippen LogP contribution in [0, 0.1) is 0 Å². The summed E-state index contributed by atoms with van der Waals surface area (Å²) in [6.45, 7) is 0. The maximum Gasteiger partial charge on any atom is 0.416 e. The fourth-order valence-electron chi connectivity index (χ4n) is 1.77. The number of hydrogen-bond acceptors (Lipinski definition) is 3. The minimum atomic E-state index is -4.44. The molecule has 112 valence electrons. The van der Waals surface area contributed by atoms with Gasteiger partial charge in [0, 0.05) is 5.69 Å². The zero-order chi connectivity index (χ0) is 15.7. The van der Waals surface area contributed by atoms with Gasteiger partial charge in [0.15, 0.2) is 9.84 Å². The first-order chi connectivity index (χ1) is 9.68. The highest BCUT2D eigenvalue weighted by Gasteiger charge is 2.30. The fourth-order valence-corrected chi connectivity index (χ4v) is 3.12. The lowest BCUT2D eigenvalue weighted by Crippen LogP contribution is -2.07. The number of halogens is 3. The standard InChI is InChI=1S/C14H12F3NO2S/c15-14(16,17)11-3-1-10(2-4-11)9-21(19,20)13-7-5-12(18)6-8-13/h1-8H,9,18H2. The van der Waals surface area contributed by atoms with E-state index in [4.69, 9.17) is 5.73 Å². The van der Waals surface area contributed by atoms with Gasteiger partial charge in [0.2, 0.25) is 0 Å². The van der Waals surface area contributed by atoms with Crippen LogP contribution >= 0.6 is 0 Å². The number of rotatable bonds is 3. The molecule has 2 aromatic carbocycles. The molecule has 2 aromatic rings. The van der Waals surface area contributed by atoms with Crippen LogP contribution in [0.3, 0.4) is 0 Å². The van der Waals surface area contributed by atoms with Crippen LogP contribution < -0.4 is 5.73 Å². The van der Waals surface area contributed by atoms with Gasteiger partial charge in [-0.1, -0.05) is 12.1 Å². The molecule has 0 aliphatic carbocycles. The molecule has 0 amide bonds. The quantitative estimate of drug-likeness (QED) is 0.884. The highest BCUT2D eigenvalue weighted by Crippen LogP contribution is 2.29. The average Bonchev–Trinajstić information content (AvgIpc) is 2.38. The highest BCUT2D eigenvalue weighted by atomic mass is 32.2. The number of nitrogen functional groups attached to an aromatic ring is 1. The minimum Gasteiger partial charge on any atom is -0.399 e. The van der Waals surface area contributed by atoms with Gasteiger partial charge in [0.1, 0.15) is 0 Å². The molecule has 0 heterocycles. The number of anilines is 1. The summed E-state index contributed by atoms with van der Waals surface area (Å²) in [6, 6.07) is 9.72. The molecule has 0 bridgehead atoms. The van der Waals surface area contributed by atoms with E-state index in [1.807, 2.05) is 0 Å². The molecular weight excluding hydrogens is 303 g/mol. The summed E-state index contributed by atoms with van der Waals surface area (Å²) in [7, 11) is -3.62. The second-order valence-corrected chi connectivity index (χ2v) is 6.51. The summed E-state index contributed by atoms with van der Waals surface area (Å²) in [5, 5.41) is 0. The van der Waals surface area contributed by atoms with Crippen LogP contribution in [0.4, 0.5) is 18.9 Å². The van der Waals surface area contributed by atoms with Crippen LogP contribution in [0.5, 0.6) is 0 Å². The highest BCUT2D eigenvalue weighted by molar-refractivity contribution is 7.90. The summed E-state index contributed by atoms with van der Waals surface area (Å²) in [6.07, 6.45) is -4.44. The molecule has 0 saturated heterocycles. The van der Waals surface area contributed by atoms with E-state index in [1.54, 1.807) is 0 Å². The molecule has 0 aliphatic heterocycles. The van der Waals surface area contributed by atoms with Crippen molar-refractivity contribution in [2.75, 3.05) is 5.73 Å². The molecule has 0 fully saturated rings. The Kier molecular flexibility index (Phi) is 3.95. The number of nitrogens with two attached hydrogens (primary N) is 1. The van der Waals surface area contributed by atoms with Gasteiger partial charge in [-0.25, -0.2) is 8.42 Å². The fraction of sp³-hybridized carbons (Fsp3) is 0.143. The SMILES string of the molecule is Nc1ccc(S(=O)(=O)Cc2ccc(C(F)(F)F)cc2)cc1. The maximum absolute atomic E-state index is 12.4. The van der Waals surface area contributed by atoms with Gasteiger partial charge < -0.3 is 5.73 Å². The van der Waals surface area contributed by atoms with Crippen molar-refractivity contribution in [3.8, 4) is 0 Å². The van der Waals surface area contributed by atoms with Crippen LogP contribution in [0.2, 0.25) is 0 Å². The second-order valence-electron chi connectivity index (χ2n) is 4.52. The summed E-state index contributed by atoms with van der Waals surface area (Å²) < 4.78 is 61.6. The second kappa shape index (κ2) is 5.40. The molecule has 0 unspecified atom stereocenters. The topological polar surface area (TPSA) is 60.2 Å². The Morgan fingerprint density at radius 2 is 1.43 bits per heavy atom. The number of hydrogen-bond donors (Lipinski definition) is 1. The Balaban J connectivity index is 2.23. The molecule has 3 nitrogen and oxygen atoms in total. The van der Waals surface area contributed by atoms with Crippen molar-refractivity contribution >= 4 is 15.5 Å². The first-order valence-electron chi connectivity index (χ1n) is 5.93. The third-order valence-corrected chi connectivity index (χ3v) is 4.58. The molecule has 0 aliphatic rings. The zero-order valence-electron chi connectivity index (χ0n) is 10.8. The molecule has 0 aromatic heterocycles. The number of sulfone groups is 1. The summed E-state index contributed by atoms with van der Waals surface area (Å²) in [5.41, 5.74) is 5.39. The first-order valence-corrected chi connectivity index (χ1v) is 7.58. The van der Waals surface area contributed by atoms with E-state index in [9.17, 15) is 21.6 Å². The Bertz CT molecular complexity index is 720. The average molecular weight is 315 g/mol. The third-order valence-electron chi connectivity index (χ3n) is 2.88. The Labute approximate surface area is 120 Å². The van der Waals surface area contributed by atoms with Crippen LogP contribution in [-0.2, 0) is 21.8 Å². The molecule has 2 N–H and O–H groups in total. The zero-order valence-corrected chi connectivity index (χ0v) is 11.6. The molecule has 7 heteroatoms.